The van der Waals surface area contributed by atoms with Crippen molar-refractivity contribution in [2.45, 2.75) is 31.7 Å². The summed E-state index contributed by atoms with van der Waals surface area (Å²) in [4.78, 5) is 2.40. The summed E-state index contributed by atoms with van der Waals surface area (Å²) in [5.41, 5.74) is 3.09. The quantitative estimate of drug-likeness (QED) is 0.859. The molecule has 0 aromatic heterocycles. The SMILES string of the molecule is Cc1ccc(CC2(N(C)C)CCCNC2)cc1. The summed E-state index contributed by atoms with van der Waals surface area (Å²) in [6.45, 7) is 4.42. The topological polar surface area (TPSA) is 15.3 Å². The van der Waals surface area contributed by atoms with E-state index in [1.54, 1.807) is 0 Å². The highest BCUT2D eigenvalue weighted by molar-refractivity contribution is 5.23. The molecule has 1 unspecified atom stereocenters. The minimum atomic E-state index is 0.299. The summed E-state index contributed by atoms with van der Waals surface area (Å²) in [6.07, 6.45) is 3.72. The molecule has 0 aliphatic carbocycles. The van der Waals surface area contributed by atoms with Gasteiger partial charge < -0.3 is 10.2 Å². The first-order chi connectivity index (χ1) is 8.12. The standard InChI is InChI=1S/C15H24N2/c1-13-5-7-14(8-6-13)11-15(17(2)3)9-4-10-16-12-15/h5-8,16H,4,9-12H2,1-3H3. The van der Waals surface area contributed by atoms with Crippen LogP contribution in [-0.2, 0) is 6.42 Å². The zero-order valence-electron chi connectivity index (χ0n) is 11.3. The third-order valence-electron chi connectivity index (χ3n) is 4.05. The second kappa shape index (κ2) is 5.19. The molecule has 1 fully saturated rings. The highest BCUT2D eigenvalue weighted by atomic mass is 15.2. The molecule has 2 heteroatoms. The Kier molecular flexibility index (Phi) is 3.85. The van der Waals surface area contributed by atoms with E-state index in [-0.39, 0.29) is 0 Å². The molecular weight excluding hydrogens is 208 g/mol. The average Bonchev–Trinajstić information content (AvgIpc) is 2.33. The second-order valence-electron chi connectivity index (χ2n) is 5.56. The van der Waals surface area contributed by atoms with Crippen molar-refractivity contribution in [3.63, 3.8) is 0 Å². The average molecular weight is 232 g/mol. The van der Waals surface area contributed by atoms with Crippen LogP contribution in [0.2, 0.25) is 0 Å². The first kappa shape index (κ1) is 12.6. The van der Waals surface area contributed by atoms with Crippen LogP contribution in [-0.4, -0.2) is 37.6 Å². The van der Waals surface area contributed by atoms with Crippen molar-refractivity contribution >= 4 is 0 Å². The van der Waals surface area contributed by atoms with Crippen LogP contribution in [0.25, 0.3) is 0 Å². The molecule has 1 heterocycles. The lowest BCUT2D eigenvalue weighted by Crippen LogP contribution is -2.56. The summed E-state index contributed by atoms with van der Waals surface area (Å²) in [6, 6.07) is 8.98. The molecule has 94 valence electrons. The summed E-state index contributed by atoms with van der Waals surface area (Å²) in [7, 11) is 4.42. The Morgan fingerprint density at radius 3 is 2.47 bits per heavy atom. The minimum absolute atomic E-state index is 0.299. The molecule has 0 bridgehead atoms. The Morgan fingerprint density at radius 2 is 1.94 bits per heavy atom. The van der Waals surface area contributed by atoms with E-state index in [0.717, 1.165) is 13.0 Å². The normalized spacial score (nSPS) is 25.2. The minimum Gasteiger partial charge on any atom is -0.315 e. The smallest absolute Gasteiger partial charge is 0.0368 e. The lowest BCUT2D eigenvalue weighted by molar-refractivity contribution is 0.114. The van der Waals surface area contributed by atoms with Gasteiger partial charge >= 0.3 is 0 Å². The van der Waals surface area contributed by atoms with E-state index in [9.17, 15) is 0 Å². The van der Waals surface area contributed by atoms with Crippen LogP contribution in [0.15, 0.2) is 24.3 Å². The number of nitrogens with zero attached hydrogens (tertiary/aromatic N) is 1. The van der Waals surface area contributed by atoms with Crippen LogP contribution in [0.5, 0.6) is 0 Å². The molecule has 1 N–H and O–H groups in total. The van der Waals surface area contributed by atoms with Gasteiger partial charge in [0, 0.05) is 12.1 Å². The maximum atomic E-state index is 3.55. The number of benzene rings is 1. The molecule has 1 atom stereocenters. The van der Waals surface area contributed by atoms with Gasteiger partial charge in [0.2, 0.25) is 0 Å². The van der Waals surface area contributed by atoms with Crippen molar-refractivity contribution in [1.82, 2.24) is 10.2 Å². The van der Waals surface area contributed by atoms with Crippen LogP contribution < -0.4 is 5.32 Å². The molecule has 0 radical (unpaired) electrons. The summed E-state index contributed by atoms with van der Waals surface area (Å²) in [5.74, 6) is 0. The predicted molar refractivity (Wildman–Crippen MR) is 73.4 cm³/mol. The monoisotopic (exact) mass is 232 g/mol. The number of rotatable bonds is 3. The van der Waals surface area contributed by atoms with Gasteiger partial charge in [0.1, 0.15) is 0 Å². The van der Waals surface area contributed by atoms with Crippen molar-refractivity contribution in [1.29, 1.82) is 0 Å². The highest BCUT2D eigenvalue weighted by Crippen LogP contribution is 2.26. The molecular formula is C15H24N2. The lowest BCUT2D eigenvalue weighted by atomic mass is 9.83. The van der Waals surface area contributed by atoms with Gasteiger partial charge in [0.15, 0.2) is 0 Å². The molecule has 1 aromatic rings. The fraction of sp³-hybridized carbons (Fsp3) is 0.600. The number of likely N-dealkylation sites (N-methyl/N-ethyl adjacent to an activating group) is 1. The third-order valence-corrected chi connectivity index (χ3v) is 4.05. The summed E-state index contributed by atoms with van der Waals surface area (Å²) >= 11 is 0. The molecule has 1 aliphatic rings. The molecule has 17 heavy (non-hydrogen) atoms. The van der Waals surface area contributed by atoms with E-state index in [2.05, 4.69) is 55.5 Å². The van der Waals surface area contributed by atoms with Crippen LogP contribution >= 0.6 is 0 Å². The van der Waals surface area contributed by atoms with Crippen LogP contribution in [0, 0.1) is 6.92 Å². The maximum absolute atomic E-state index is 3.55. The molecule has 2 rings (SSSR count). The number of aryl methyl sites for hydroxylation is 1. The zero-order valence-corrected chi connectivity index (χ0v) is 11.3. The maximum Gasteiger partial charge on any atom is 0.0368 e. The fourth-order valence-electron chi connectivity index (χ4n) is 2.73. The van der Waals surface area contributed by atoms with Crippen molar-refractivity contribution in [2.24, 2.45) is 0 Å². The van der Waals surface area contributed by atoms with Gasteiger partial charge in [-0.05, 0) is 52.4 Å². The van der Waals surface area contributed by atoms with Gasteiger partial charge in [-0.25, -0.2) is 0 Å². The Morgan fingerprint density at radius 1 is 1.24 bits per heavy atom. The molecule has 1 saturated heterocycles. The van der Waals surface area contributed by atoms with E-state index < -0.39 is 0 Å². The van der Waals surface area contributed by atoms with Gasteiger partial charge in [0.05, 0.1) is 0 Å². The summed E-state index contributed by atoms with van der Waals surface area (Å²) in [5, 5.41) is 3.55. The number of piperidine rings is 1. The van der Waals surface area contributed by atoms with E-state index >= 15 is 0 Å². The lowest BCUT2D eigenvalue weighted by Gasteiger charge is -2.43. The van der Waals surface area contributed by atoms with E-state index in [0.29, 0.717) is 5.54 Å². The van der Waals surface area contributed by atoms with Crippen molar-refractivity contribution < 1.29 is 0 Å². The number of hydrogen-bond acceptors (Lipinski definition) is 2. The number of nitrogens with one attached hydrogen (secondary N) is 1. The van der Waals surface area contributed by atoms with Crippen LogP contribution in [0.1, 0.15) is 24.0 Å². The van der Waals surface area contributed by atoms with Crippen LogP contribution in [0.4, 0.5) is 0 Å². The van der Waals surface area contributed by atoms with Gasteiger partial charge in [0.25, 0.3) is 0 Å². The molecule has 1 aliphatic heterocycles. The Hall–Kier alpha value is -0.860. The highest BCUT2D eigenvalue weighted by Gasteiger charge is 2.34. The van der Waals surface area contributed by atoms with E-state index in [1.807, 2.05) is 0 Å². The second-order valence-corrected chi connectivity index (χ2v) is 5.56. The first-order valence-corrected chi connectivity index (χ1v) is 6.56. The summed E-state index contributed by atoms with van der Waals surface area (Å²) < 4.78 is 0. The fourth-order valence-corrected chi connectivity index (χ4v) is 2.73. The Bertz CT molecular complexity index is 348. The Labute approximate surface area is 105 Å². The third kappa shape index (κ3) is 2.88. The molecule has 2 nitrogen and oxygen atoms in total. The Balaban J connectivity index is 2.14. The van der Waals surface area contributed by atoms with Crippen molar-refractivity contribution in [3.05, 3.63) is 35.4 Å². The van der Waals surface area contributed by atoms with Crippen molar-refractivity contribution in [2.75, 3.05) is 27.2 Å². The van der Waals surface area contributed by atoms with E-state index in [1.165, 1.54) is 30.5 Å². The molecule has 0 amide bonds. The van der Waals surface area contributed by atoms with Gasteiger partial charge in [-0.2, -0.15) is 0 Å². The van der Waals surface area contributed by atoms with Crippen molar-refractivity contribution in [3.8, 4) is 0 Å². The first-order valence-electron chi connectivity index (χ1n) is 6.56. The largest absolute Gasteiger partial charge is 0.315 e. The van der Waals surface area contributed by atoms with Gasteiger partial charge in [-0.1, -0.05) is 29.8 Å². The molecule has 0 saturated carbocycles. The van der Waals surface area contributed by atoms with Gasteiger partial charge in [-0.3, -0.25) is 0 Å². The zero-order chi connectivity index (χ0) is 12.3. The van der Waals surface area contributed by atoms with Crippen LogP contribution in [0.3, 0.4) is 0 Å². The van der Waals surface area contributed by atoms with E-state index in [4.69, 9.17) is 0 Å². The van der Waals surface area contributed by atoms with Gasteiger partial charge in [-0.15, -0.1) is 0 Å². The molecule has 1 aromatic carbocycles. The predicted octanol–water partition coefficient (Wildman–Crippen LogP) is 2.22. The molecule has 0 spiro atoms. The number of hydrogen-bond donors (Lipinski definition) is 1.